The maximum atomic E-state index is 12.8. The topological polar surface area (TPSA) is 105 Å². The number of hydrogen-bond donors (Lipinski definition) is 2. The number of aliphatic carboxylic acids is 1. The Labute approximate surface area is 180 Å². The minimum atomic E-state index is -1.10. The van der Waals surface area contributed by atoms with Crippen molar-refractivity contribution in [3.8, 4) is 0 Å². The molecule has 1 saturated carbocycles. The average molecular weight is 429 g/mol. The molecule has 1 atom stereocenters. The van der Waals surface area contributed by atoms with Crippen molar-refractivity contribution < 1.29 is 29.0 Å². The lowest BCUT2D eigenvalue weighted by Gasteiger charge is -2.32. The van der Waals surface area contributed by atoms with Gasteiger partial charge in [-0.05, 0) is 60.3 Å². The van der Waals surface area contributed by atoms with Crippen molar-refractivity contribution in [3.05, 3.63) is 0 Å². The predicted octanol–water partition coefficient (Wildman–Crippen LogP) is 3.44. The number of carboxylic acids is 1. The van der Waals surface area contributed by atoms with Crippen LogP contribution in [-0.4, -0.2) is 65.4 Å². The molecule has 0 bridgehead atoms. The zero-order valence-electron chi connectivity index (χ0n) is 19.5. The molecule has 8 nitrogen and oxygen atoms in total. The van der Waals surface area contributed by atoms with E-state index in [4.69, 9.17) is 14.6 Å². The molecule has 1 amide bonds. The molecular weight excluding hydrogens is 388 g/mol. The Morgan fingerprint density at radius 1 is 1.00 bits per heavy atom. The van der Waals surface area contributed by atoms with E-state index in [1.54, 1.807) is 20.8 Å². The summed E-state index contributed by atoms with van der Waals surface area (Å²) in [6.07, 6.45) is 4.79. The third-order valence-electron chi connectivity index (χ3n) is 4.83. The number of carbonyl (C=O) groups excluding carboxylic acids is 2. The minimum absolute atomic E-state index is 0.174. The van der Waals surface area contributed by atoms with E-state index in [1.165, 1.54) is 6.42 Å². The van der Waals surface area contributed by atoms with Crippen LogP contribution in [0.25, 0.3) is 0 Å². The molecule has 0 aromatic rings. The molecule has 2 N–H and O–H groups in total. The standard InChI is InChI=1S/C22H40N2O6/c1-21(2,3)29-19(27)17(16-10-8-7-9-11-16)14-23-12-13-24(15-18(25)26)20(28)30-22(4,5)6/h16-17,23H,7-15H2,1-6H3,(H,25,26). The highest BCUT2D eigenvalue weighted by atomic mass is 16.6. The van der Waals surface area contributed by atoms with Crippen LogP contribution in [0.1, 0.15) is 73.6 Å². The number of nitrogens with one attached hydrogen (secondary N) is 1. The van der Waals surface area contributed by atoms with Crippen LogP contribution in [0.5, 0.6) is 0 Å². The lowest BCUT2D eigenvalue weighted by molar-refractivity contribution is -0.162. The van der Waals surface area contributed by atoms with Crippen molar-refractivity contribution in [1.29, 1.82) is 0 Å². The Hall–Kier alpha value is -1.83. The van der Waals surface area contributed by atoms with Crippen molar-refractivity contribution in [2.75, 3.05) is 26.2 Å². The van der Waals surface area contributed by atoms with Gasteiger partial charge in [-0.15, -0.1) is 0 Å². The van der Waals surface area contributed by atoms with Crippen molar-refractivity contribution in [2.24, 2.45) is 11.8 Å². The van der Waals surface area contributed by atoms with Gasteiger partial charge in [0.2, 0.25) is 0 Å². The maximum absolute atomic E-state index is 12.8. The van der Waals surface area contributed by atoms with Gasteiger partial charge in [0.25, 0.3) is 0 Å². The molecule has 0 aliphatic heterocycles. The minimum Gasteiger partial charge on any atom is -0.480 e. The Morgan fingerprint density at radius 2 is 1.57 bits per heavy atom. The Bertz CT molecular complexity index is 573. The summed E-state index contributed by atoms with van der Waals surface area (Å²) in [6.45, 7) is 11.3. The zero-order chi connectivity index (χ0) is 22.9. The van der Waals surface area contributed by atoms with Crippen molar-refractivity contribution >= 4 is 18.0 Å². The second kappa shape index (κ2) is 11.5. The first-order valence-corrected chi connectivity index (χ1v) is 10.9. The summed E-state index contributed by atoms with van der Waals surface area (Å²) < 4.78 is 10.9. The van der Waals surface area contributed by atoms with Gasteiger partial charge in [0.1, 0.15) is 17.7 Å². The number of ether oxygens (including phenoxy) is 2. The summed E-state index contributed by atoms with van der Waals surface area (Å²) in [5, 5.41) is 12.3. The molecule has 0 radical (unpaired) electrons. The number of nitrogens with zero attached hydrogens (tertiary/aromatic N) is 1. The van der Waals surface area contributed by atoms with Crippen LogP contribution in [0.4, 0.5) is 4.79 Å². The van der Waals surface area contributed by atoms with Crippen LogP contribution < -0.4 is 5.32 Å². The fourth-order valence-corrected chi connectivity index (χ4v) is 3.55. The second-order valence-corrected chi connectivity index (χ2v) is 10.0. The number of carbonyl (C=O) groups is 3. The molecule has 1 rings (SSSR count). The Morgan fingerprint density at radius 3 is 2.07 bits per heavy atom. The molecule has 1 aliphatic carbocycles. The molecule has 8 heteroatoms. The van der Waals surface area contributed by atoms with Gasteiger partial charge >= 0.3 is 18.0 Å². The molecule has 0 heterocycles. The van der Waals surface area contributed by atoms with Gasteiger partial charge in [0.15, 0.2) is 0 Å². The Kier molecular flexibility index (Phi) is 10.1. The predicted molar refractivity (Wildman–Crippen MR) is 114 cm³/mol. The van der Waals surface area contributed by atoms with E-state index >= 15 is 0 Å². The first-order valence-electron chi connectivity index (χ1n) is 10.9. The highest BCUT2D eigenvalue weighted by molar-refractivity contribution is 5.77. The summed E-state index contributed by atoms with van der Waals surface area (Å²) >= 11 is 0. The van der Waals surface area contributed by atoms with Crippen LogP contribution in [0.15, 0.2) is 0 Å². The number of amides is 1. The van der Waals surface area contributed by atoms with Crippen molar-refractivity contribution in [3.63, 3.8) is 0 Å². The van der Waals surface area contributed by atoms with Crippen LogP contribution in [0.3, 0.4) is 0 Å². The van der Waals surface area contributed by atoms with Crippen LogP contribution in [-0.2, 0) is 19.1 Å². The summed E-state index contributed by atoms with van der Waals surface area (Å²) in [6, 6.07) is 0. The third-order valence-corrected chi connectivity index (χ3v) is 4.83. The molecule has 1 fully saturated rings. The number of carboxylic acid groups (broad SMARTS) is 1. The van der Waals surface area contributed by atoms with Gasteiger partial charge in [-0.1, -0.05) is 19.3 Å². The largest absolute Gasteiger partial charge is 0.480 e. The van der Waals surface area contributed by atoms with E-state index in [0.717, 1.165) is 30.6 Å². The van der Waals surface area contributed by atoms with Gasteiger partial charge in [-0.3, -0.25) is 14.5 Å². The first-order chi connectivity index (χ1) is 13.8. The summed E-state index contributed by atoms with van der Waals surface area (Å²) in [5.41, 5.74) is -1.25. The SMILES string of the molecule is CC(C)(C)OC(=O)C(CNCCN(CC(=O)O)C(=O)OC(C)(C)C)C1CCCCC1. The van der Waals surface area contributed by atoms with Crippen LogP contribution in [0.2, 0.25) is 0 Å². The smallest absolute Gasteiger partial charge is 0.410 e. The number of rotatable bonds is 9. The molecule has 0 spiro atoms. The molecule has 30 heavy (non-hydrogen) atoms. The zero-order valence-corrected chi connectivity index (χ0v) is 19.5. The summed E-state index contributed by atoms with van der Waals surface area (Å²) in [4.78, 5) is 37.3. The molecule has 0 aromatic heterocycles. The summed E-state index contributed by atoms with van der Waals surface area (Å²) in [5.74, 6) is -1.27. The van der Waals surface area contributed by atoms with E-state index < -0.39 is 29.8 Å². The molecule has 0 saturated heterocycles. The molecule has 0 aromatic carbocycles. The normalized spacial score (nSPS) is 16.6. The lowest BCUT2D eigenvalue weighted by Crippen LogP contribution is -2.45. The number of esters is 1. The number of hydrogen-bond acceptors (Lipinski definition) is 6. The van der Waals surface area contributed by atoms with E-state index in [1.807, 2.05) is 20.8 Å². The van der Waals surface area contributed by atoms with Gasteiger partial charge in [-0.2, -0.15) is 0 Å². The second-order valence-electron chi connectivity index (χ2n) is 10.0. The van der Waals surface area contributed by atoms with Crippen molar-refractivity contribution in [1.82, 2.24) is 10.2 Å². The lowest BCUT2D eigenvalue weighted by atomic mass is 9.80. The van der Waals surface area contributed by atoms with Gasteiger partial charge < -0.3 is 19.9 Å². The van der Waals surface area contributed by atoms with E-state index in [0.29, 0.717) is 13.1 Å². The molecule has 1 unspecified atom stereocenters. The Balaban J connectivity index is 2.66. The van der Waals surface area contributed by atoms with E-state index in [9.17, 15) is 14.4 Å². The average Bonchev–Trinajstić information content (AvgIpc) is 2.58. The van der Waals surface area contributed by atoms with E-state index in [2.05, 4.69) is 5.32 Å². The highest BCUT2D eigenvalue weighted by Gasteiger charge is 2.33. The van der Waals surface area contributed by atoms with Crippen LogP contribution >= 0.6 is 0 Å². The maximum Gasteiger partial charge on any atom is 0.410 e. The first kappa shape index (κ1) is 26.2. The monoisotopic (exact) mass is 428 g/mol. The van der Waals surface area contributed by atoms with Gasteiger partial charge in [0.05, 0.1) is 5.92 Å². The highest BCUT2D eigenvalue weighted by Crippen LogP contribution is 2.31. The summed E-state index contributed by atoms with van der Waals surface area (Å²) in [7, 11) is 0. The fraction of sp³-hybridized carbons (Fsp3) is 0.864. The third kappa shape index (κ3) is 10.8. The molecule has 174 valence electrons. The van der Waals surface area contributed by atoms with Crippen molar-refractivity contribution in [2.45, 2.75) is 84.8 Å². The van der Waals surface area contributed by atoms with Crippen LogP contribution in [0, 0.1) is 11.8 Å². The van der Waals surface area contributed by atoms with E-state index in [-0.39, 0.29) is 24.3 Å². The molecular formula is C22H40N2O6. The fourth-order valence-electron chi connectivity index (χ4n) is 3.55. The quantitative estimate of drug-likeness (QED) is 0.428. The van der Waals surface area contributed by atoms with Gasteiger partial charge in [0, 0.05) is 19.6 Å². The van der Waals surface area contributed by atoms with Gasteiger partial charge in [-0.25, -0.2) is 4.79 Å². The molecule has 1 aliphatic rings.